The Morgan fingerprint density at radius 2 is 1.86 bits per heavy atom. The predicted octanol–water partition coefficient (Wildman–Crippen LogP) is 3.44. The summed E-state index contributed by atoms with van der Waals surface area (Å²) in [4.78, 5) is 0. The number of aliphatic hydroxyl groups is 1. The number of methoxy groups -OCH3 is 1. The van der Waals surface area contributed by atoms with Crippen LogP contribution < -0.4 is 4.74 Å². The van der Waals surface area contributed by atoms with Crippen LogP contribution in [0.2, 0.25) is 0 Å². The highest BCUT2D eigenvalue weighted by Gasteiger charge is 2.12. The topological polar surface area (TPSA) is 38.7 Å². The van der Waals surface area contributed by atoms with Crippen molar-refractivity contribution in [3.05, 3.63) is 65.0 Å². The third kappa shape index (κ3) is 4.55. The van der Waals surface area contributed by atoms with Gasteiger partial charge in [-0.15, -0.1) is 0 Å². The number of halogens is 1. The van der Waals surface area contributed by atoms with Gasteiger partial charge in [0.05, 0.1) is 6.61 Å². The van der Waals surface area contributed by atoms with Gasteiger partial charge in [0.15, 0.2) is 0 Å². The molecular formula is C18H21FO3. The number of aryl methyl sites for hydroxylation is 1. The normalized spacial score (nSPS) is 12.2. The third-order valence-corrected chi connectivity index (χ3v) is 3.52. The van der Waals surface area contributed by atoms with Crippen molar-refractivity contribution in [2.24, 2.45) is 0 Å². The van der Waals surface area contributed by atoms with Gasteiger partial charge in [0.2, 0.25) is 0 Å². The molecule has 0 radical (unpaired) electrons. The van der Waals surface area contributed by atoms with Crippen molar-refractivity contribution in [1.29, 1.82) is 0 Å². The zero-order valence-corrected chi connectivity index (χ0v) is 12.9. The van der Waals surface area contributed by atoms with Crippen molar-refractivity contribution in [2.45, 2.75) is 19.4 Å². The van der Waals surface area contributed by atoms with Crippen LogP contribution in [0, 0.1) is 12.7 Å². The first-order valence-corrected chi connectivity index (χ1v) is 7.25. The molecule has 0 spiro atoms. The van der Waals surface area contributed by atoms with Gasteiger partial charge in [0.25, 0.3) is 0 Å². The van der Waals surface area contributed by atoms with E-state index in [9.17, 15) is 9.50 Å². The Bertz CT molecular complexity index is 596. The van der Waals surface area contributed by atoms with Crippen LogP contribution >= 0.6 is 0 Å². The van der Waals surface area contributed by atoms with Gasteiger partial charge >= 0.3 is 0 Å². The van der Waals surface area contributed by atoms with E-state index in [4.69, 9.17) is 9.47 Å². The Morgan fingerprint density at radius 1 is 1.14 bits per heavy atom. The Kier molecular flexibility index (Phi) is 5.92. The van der Waals surface area contributed by atoms with Crippen LogP contribution in [-0.2, 0) is 11.2 Å². The quantitative estimate of drug-likeness (QED) is 0.851. The molecule has 3 nitrogen and oxygen atoms in total. The van der Waals surface area contributed by atoms with Crippen molar-refractivity contribution in [3.63, 3.8) is 0 Å². The maximum Gasteiger partial charge on any atom is 0.123 e. The van der Waals surface area contributed by atoms with Crippen LogP contribution in [0.5, 0.6) is 5.75 Å². The van der Waals surface area contributed by atoms with E-state index >= 15 is 0 Å². The van der Waals surface area contributed by atoms with Crippen molar-refractivity contribution >= 4 is 0 Å². The average Bonchev–Trinajstić information content (AvgIpc) is 2.51. The largest absolute Gasteiger partial charge is 0.491 e. The maximum atomic E-state index is 13.1. The Morgan fingerprint density at radius 3 is 2.50 bits per heavy atom. The number of hydrogen-bond donors (Lipinski definition) is 1. The minimum atomic E-state index is -0.784. The first-order valence-electron chi connectivity index (χ1n) is 7.25. The molecular weight excluding hydrogens is 283 g/mol. The lowest BCUT2D eigenvalue weighted by Gasteiger charge is -2.15. The zero-order valence-electron chi connectivity index (χ0n) is 12.9. The highest BCUT2D eigenvalue weighted by molar-refractivity contribution is 5.30. The van der Waals surface area contributed by atoms with E-state index in [0.717, 1.165) is 6.42 Å². The van der Waals surface area contributed by atoms with E-state index in [1.165, 1.54) is 17.7 Å². The van der Waals surface area contributed by atoms with Crippen LogP contribution in [-0.4, -0.2) is 25.4 Å². The van der Waals surface area contributed by atoms with Crippen LogP contribution in [0.15, 0.2) is 42.5 Å². The van der Waals surface area contributed by atoms with Crippen molar-refractivity contribution in [2.75, 3.05) is 20.3 Å². The molecule has 0 amide bonds. The number of rotatable bonds is 7. The molecule has 1 atom stereocenters. The molecule has 1 unspecified atom stereocenters. The van der Waals surface area contributed by atoms with Gasteiger partial charge in [0.1, 0.15) is 24.3 Å². The molecule has 118 valence electrons. The van der Waals surface area contributed by atoms with Crippen molar-refractivity contribution in [3.8, 4) is 5.75 Å². The van der Waals surface area contributed by atoms with Gasteiger partial charge in [-0.25, -0.2) is 4.39 Å². The summed E-state index contributed by atoms with van der Waals surface area (Å²) in [6.45, 7) is 2.58. The molecule has 2 rings (SSSR count). The maximum absolute atomic E-state index is 13.1. The first-order chi connectivity index (χ1) is 10.6. The molecule has 0 saturated heterocycles. The summed E-state index contributed by atoms with van der Waals surface area (Å²) >= 11 is 0. The summed E-state index contributed by atoms with van der Waals surface area (Å²) in [6, 6.07) is 12.0. The highest BCUT2D eigenvalue weighted by atomic mass is 19.1. The summed E-state index contributed by atoms with van der Waals surface area (Å²) in [5.74, 6) is 0.390. The second-order valence-electron chi connectivity index (χ2n) is 5.21. The summed E-state index contributed by atoms with van der Waals surface area (Å²) < 4.78 is 23.7. The van der Waals surface area contributed by atoms with Crippen LogP contribution in [0.25, 0.3) is 0 Å². The fourth-order valence-electron chi connectivity index (χ4n) is 2.25. The first kappa shape index (κ1) is 16.5. The molecule has 0 aromatic heterocycles. The summed E-state index contributed by atoms with van der Waals surface area (Å²) in [6.07, 6.45) is 0.0718. The smallest absolute Gasteiger partial charge is 0.123 e. The SMILES string of the molecule is COCCc1ccc(OCC(O)c2ccc(F)cc2C)cc1. The fraction of sp³-hybridized carbons (Fsp3) is 0.333. The zero-order chi connectivity index (χ0) is 15.9. The molecule has 22 heavy (non-hydrogen) atoms. The summed E-state index contributed by atoms with van der Waals surface area (Å²) in [7, 11) is 1.68. The Balaban J connectivity index is 1.91. The number of aliphatic hydroxyl groups excluding tert-OH is 1. The monoisotopic (exact) mass is 304 g/mol. The summed E-state index contributed by atoms with van der Waals surface area (Å²) in [5.41, 5.74) is 2.56. The molecule has 0 aliphatic rings. The van der Waals surface area contributed by atoms with Crippen LogP contribution in [0.4, 0.5) is 4.39 Å². The third-order valence-electron chi connectivity index (χ3n) is 3.52. The minimum absolute atomic E-state index is 0.129. The van der Waals surface area contributed by atoms with Gasteiger partial charge in [0, 0.05) is 7.11 Å². The Labute approximate surface area is 130 Å². The number of ether oxygens (including phenoxy) is 2. The van der Waals surface area contributed by atoms with E-state index in [1.807, 2.05) is 24.3 Å². The van der Waals surface area contributed by atoms with Crippen LogP contribution in [0.1, 0.15) is 22.8 Å². The molecule has 0 saturated carbocycles. The molecule has 4 heteroatoms. The van der Waals surface area contributed by atoms with E-state index in [1.54, 1.807) is 20.1 Å². The number of benzene rings is 2. The molecule has 0 fully saturated rings. The lowest BCUT2D eigenvalue weighted by Crippen LogP contribution is -2.11. The number of hydrogen-bond acceptors (Lipinski definition) is 3. The molecule has 0 aliphatic carbocycles. The molecule has 0 aliphatic heterocycles. The molecule has 0 heterocycles. The van der Waals surface area contributed by atoms with Gasteiger partial charge < -0.3 is 14.6 Å². The predicted molar refractivity (Wildman–Crippen MR) is 83.6 cm³/mol. The van der Waals surface area contributed by atoms with E-state index < -0.39 is 6.10 Å². The molecule has 1 N–H and O–H groups in total. The fourth-order valence-corrected chi connectivity index (χ4v) is 2.25. The van der Waals surface area contributed by atoms with Crippen LogP contribution in [0.3, 0.4) is 0 Å². The van der Waals surface area contributed by atoms with E-state index in [2.05, 4.69) is 0 Å². The second-order valence-corrected chi connectivity index (χ2v) is 5.21. The van der Waals surface area contributed by atoms with Gasteiger partial charge in [-0.2, -0.15) is 0 Å². The van der Waals surface area contributed by atoms with E-state index in [-0.39, 0.29) is 12.4 Å². The second kappa shape index (κ2) is 7.92. The van der Waals surface area contributed by atoms with Gasteiger partial charge in [-0.1, -0.05) is 18.2 Å². The van der Waals surface area contributed by atoms with Crippen molar-refractivity contribution < 1.29 is 19.0 Å². The highest BCUT2D eigenvalue weighted by Crippen LogP contribution is 2.20. The minimum Gasteiger partial charge on any atom is -0.491 e. The standard InChI is InChI=1S/C18H21FO3/c1-13-11-15(19)5-8-17(13)18(20)12-22-16-6-3-14(4-7-16)9-10-21-2/h3-8,11,18,20H,9-10,12H2,1-2H3. The average molecular weight is 304 g/mol. The molecule has 2 aromatic rings. The van der Waals surface area contributed by atoms with Gasteiger partial charge in [-0.05, 0) is 54.3 Å². The Hall–Kier alpha value is -1.91. The lowest BCUT2D eigenvalue weighted by atomic mass is 10.0. The van der Waals surface area contributed by atoms with Crippen molar-refractivity contribution in [1.82, 2.24) is 0 Å². The molecule has 0 bridgehead atoms. The lowest BCUT2D eigenvalue weighted by molar-refractivity contribution is 0.107. The summed E-state index contributed by atoms with van der Waals surface area (Å²) in [5, 5.41) is 10.2. The van der Waals surface area contributed by atoms with E-state index in [0.29, 0.717) is 23.5 Å². The molecule has 2 aromatic carbocycles. The van der Waals surface area contributed by atoms with Gasteiger partial charge in [-0.3, -0.25) is 0 Å².